The molecule has 2 aromatic carbocycles. The Morgan fingerprint density at radius 1 is 1.00 bits per heavy atom. The fourth-order valence-electron chi connectivity index (χ4n) is 4.23. The predicted molar refractivity (Wildman–Crippen MR) is 128 cm³/mol. The van der Waals surface area contributed by atoms with Gasteiger partial charge in [-0.05, 0) is 41.5 Å². The predicted octanol–water partition coefficient (Wildman–Crippen LogP) is 5.39. The topological polar surface area (TPSA) is 52.7 Å². The van der Waals surface area contributed by atoms with E-state index in [1.54, 1.807) is 61.1 Å². The molecule has 0 amide bonds. The molecule has 170 valence electrons. The Kier molecular flexibility index (Phi) is 5.29. The zero-order valence-electron chi connectivity index (χ0n) is 18.3. The second-order valence-corrected chi connectivity index (χ2v) is 8.54. The number of aromatic nitrogens is 4. The Bertz CT molecular complexity index is 1590. The van der Waals surface area contributed by atoms with Gasteiger partial charge >= 0.3 is 0 Å². The first-order valence-electron chi connectivity index (χ1n) is 10.5. The molecule has 5 nitrogen and oxygen atoms in total. The highest BCUT2D eigenvalue weighted by atomic mass is 35.5. The summed E-state index contributed by atoms with van der Waals surface area (Å²) in [5.74, 6) is -0.434. The molecule has 0 aliphatic rings. The number of aryl methyl sites for hydroxylation is 2. The summed E-state index contributed by atoms with van der Waals surface area (Å²) in [7, 11) is 3.32. The van der Waals surface area contributed by atoms with Crippen LogP contribution in [0.25, 0.3) is 22.0 Å². The fraction of sp³-hybridized carbons (Fsp3) is 0.115. The Morgan fingerprint density at radius 3 is 2.44 bits per heavy atom. The van der Waals surface area contributed by atoms with Crippen LogP contribution in [0, 0.1) is 5.82 Å². The first-order chi connectivity index (χ1) is 16.3. The van der Waals surface area contributed by atoms with E-state index >= 15 is 4.39 Å². The van der Waals surface area contributed by atoms with Gasteiger partial charge in [0.05, 0.1) is 35.6 Å². The summed E-state index contributed by atoms with van der Waals surface area (Å²) in [5.41, 5.74) is -0.250. The summed E-state index contributed by atoms with van der Waals surface area (Å²) in [4.78, 5) is 21.2. The van der Waals surface area contributed by atoms with E-state index in [4.69, 9.17) is 11.6 Å². The molecular weight excluding hydrogens is 458 g/mol. The quantitative estimate of drug-likeness (QED) is 0.349. The van der Waals surface area contributed by atoms with Crippen LogP contribution in [0.5, 0.6) is 0 Å². The maximum Gasteiger partial charge on any atom is 0.251 e. The lowest BCUT2D eigenvalue weighted by molar-refractivity contribution is 0.260. The highest BCUT2D eigenvalue weighted by Gasteiger charge is 2.41. The van der Waals surface area contributed by atoms with E-state index in [2.05, 4.69) is 9.97 Å². The van der Waals surface area contributed by atoms with Gasteiger partial charge in [-0.1, -0.05) is 35.9 Å². The van der Waals surface area contributed by atoms with E-state index in [1.165, 1.54) is 41.5 Å². The van der Waals surface area contributed by atoms with Crippen molar-refractivity contribution in [1.29, 1.82) is 0 Å². The van der Waals surface area contributed by atoms with Crippen molar-refractivity contribution in [2.75, 3.05) is 0 Å². The Hall–Kier alpha value is -3.84. The molecule has 0 saturated carbocycles. The molecule has 0 saturated heterocycles. The summed E-state index contributed by atoms with van der Waals surface area (Å²) in [6.07, 6.45) is 4.44. The molecular formula is C26H19ClF2N4O. The van der Waals surface area contributed by atoms with Crippen LogP contribution in [0.15, 0.2) is 84.2 Å². The van der Waals surface area contributed by atoms with Gasteiger partial charge in [-0.2, -0.15) is 0 Å². The van der Waals surface area contributed by atoms with Gasteiger partial charge in [0.15, 0.2) is 0 Å². The summed E-state index contributed by atoms with van der Waals surface area (Å²) in [6.45, 7) is 0. The molecule has 8 heteroatoms. The van der Waals surface area contributed by atoms with Gasteiger partial charge in [0.1, 0.15) is 5.82 Å². The Balaban J connectivity index is 1.84. The third-order valence-electron chi connectivity index (χ3n) is 6.03. The monoisotopic (exact) mass is 476 g/mol. The minimum absolute atomic E-state index is 0.0993. The lowest BCUT2D eigenvalue weighted by Crippen LogP contribution is -2.28. The number of hydrogen-bond acceptors (Lipinski definition) is 3. The van der Waals surface area contributed by atoms with E-state index in [-0.39, 0.29) is 16.9 Å². The third-order valence-corrected chi connectivity index (χ3v) is 6.29. The Morgan fingerprint density at radius 2 is 1.76 bits per heavy atom. The number of rotatable bonds is 4. The molecule has 0 spiro atoms. The molecule has 0 N–H and O–H groups in total. The van der Waals surface area contributed by atoms with Crippen LogP contribution in [0.2, 0.25) is 5.02 Å². The van der Waals surface area contributed by atoms with Crippen LogP contribution >= 0.6 is 11.6 Å². The lowest BCUT2D eigenvalue weighted by atomic mass is 9.87. The van der Waals surface area contributed by atoms with Crippen molar-refractivity contribution in [2.24, 2.45) is 14.1 Å². The minimum atomic E-state index is -2.17. The largest absolute Gasteiger partial charge is 0.334 e. The molecule has 1 atom stereocenters. The smallest absolute Gasteiger partial charge is 0.251 e. The highest BCUT2D eigenvalue weighted by Crippen LogP contribution is 2.41. The number of fused-ring (bicyclic) bond motifs is 1. The van der Waals surface area contributed by atoms with Gasteiger partial charge in [-0.25, -0.2) is 13.8 Å². The fourth-order valence-corrected chi connectivity index (χ4v) is 4.35. The van der Waals surface area contributed by atoms with E-state index in [9.17, 15) is 9.18 Å². The number of imidazole rings is 1. The van der Waals surface area contributed by atoms with Crippen molar-refractivity contribution < 1.29 is 8.78 Å². The van der Waals surface area contributed by atoms with Gasteiger partial charge in [0.25, 0.3) is 5.56 Å². The van der Waals surface area contributed by atoms with Crippen LogP contribution in [-0.2, 0) is 19.8 Å². The lowest BCUT2D eigenvalue weighted by Gasteiger charge is -2.26. The summed E-state index contributed by atoms with van der Waals surface area (Å²) in [5, 5.41) is 1.04. The van der Waals surface area contributed by atoms with Crippen molar-refractivity contribution in [3.63, 3.8) is 0 Å². The van der Waals surface area contributed by atoms with Crippen molar-refractivity contribution in [2.45, 2.75) is 5.67 Å². The van der Waals surface area contributed by atoms with Crippen molar-refractivity contribution in [1.82, 2.24) is 19.1 Å². The molecule has 0 unspecified atom stereocenters. The van der Waals surface area contributed by atoms with Crippen molar-refractivity contribution in [3.05, 3.63) is 118 Å². The molecule has 0 radical (unpaired) electrons. The SMILES string of the molecule is Cn1cncc1[C@@](F)(c1ccc(Cl)cc1)c1cc2c(-c3cccc(F)c3)cc(=O)n(C)c2cn1. The molecule has 5 rings (SSSR count). The van der Waals surface area contributed by atoms with E-state index in [1.807, 2.05) is 0 Å². The standard InChI is InChI=1S/C26H19ClF2N4O/c1-32-15-30-14-24(32)26(29,17-6-8-18(27)9-7-17)23-11-21-20(16-4-3-5-19(28)10-16)12-25(34)33(2)22(21)13-31-23/h3-15H,1-2H3/t26-/m1/s1. The normalized spacial score (nSPS) is 13.2. The molecule has 0 aliphatic heterocycles. The zero-order chi connectivity index (χ0) is 24.0. The highest BCUT2D eigenvalue weighted by molar-refractivity contribution is 6.30. The number of benzene rings is 2. The first-order valence-corrected chi connectivity index (χ1v) is 10.8. The number of nitrogens with zero attached hydrogens (tertiary/aromatic N) is 4. The van der Waals surface area contributed by atoms with Crippen LogP contribution < -0.4 is 5.56 Å². The van der Waals surface area contributed by atoms with Crippen molar-refractivity contribution in [3.8, 4) is 11.1 Å². The first kappa shape index (κ1) is 22.0. The van der Waals surface area contributed by atoms with Gasteiger partial charge < -0.3 is 9.13 Å². The molecule has 3 aromatic heterocycles. The summed E-state index contributed by atoms with van der Waals surface area (Å²) >= 11 is 6.06. The molecule has 5 aromatic rings. The maximum atomic E-state index is 17.2. The van der Waals surface area contributed by atoms with Crippen LogP contribution in [0.3, 0.4) is 0 Å². The molecule has 0 fully saturated rings. The average Bonchev–Trinajstić information content (AvgIpc) is 3.27. The third kappa shape index (κ3) is 3.49. The summed E-state index contributed by atoms with van der Waals surface area (Å²) < 4.78 is 34.3. The van der Waals surface area contributed by atoms with E-state index in [0.717, 1.165) is 0 Å². The van der Waals surface area contributed by atoms with Crippen LogP contribution in [0.1, 0.15) is 17.0 Å². The number of pyridine rings is 2. The number of hydrogen-bond donors (Lipinski definition) is 0. The van der Waals surface area contributed by atoms with E-state index in [0.29, 0.717) is 32.6 Å². The molecule has 0 bridgehead atoms. The summed E-state index contributed by atoms with van der Waals surface area (Å²) in [6, 6.07) is 15.4. The molecule has 3 heterocycles. The maximum absolute atomic E-state index is 17.2. The average molecular weight is 477 g/mol. The van der Waals surface area contributed by atoms with Crippen LogP contribution in [0.4, 0.5) is 8.78 Å². The second kappa shape index (κ2) is 8.18. The number of alkyl halides is 1. The van der Waals surface area contributed by atoms with E-state index < -0.39 is 11.5 Å². The number of halogens is 3. The van der Waals surface area contributed by atoms with Crippen LogP contribution in [-0.4, -0.2) is 19.1 Å². The zero-order valence-corrected chi connectivity index (χ0v) is 19.1. The Labute approximate surface area is 198 Å². The van der Waals surface area contributed by atoms with Crippen molar-refractivity contribution >= 4 is 22.5 Å². The van der Waals surface area contributed by atoms with Gasteiger partial charge in [-0.15, -0.1) is 0 Å². The molecule has 34 heavy (non-hydrogen) atoms. The second-order valence-electron chi connectivity index (χ2n) is 8.11. The van der Waals surface area contributed by atoms with Gasteiger partial charge in [0.2, 0.25) is 5.67 Å². The van der Waals surface area contributed by atoms with Gasteiger partial charge in [0, 0.05) is 36.1 Å². The minimum Gasteiger partial charge on any atom is -0.334 e. The molecule has 0 aliphatic carbocycles. The van der Waals surface area contributed by atoms with Gasteiger partial charge in [-0.3, -0.25) is 9.78 Å².